The zero-order valence-corrected chi connectivity index (χ0v) is 12.2. The molecule has 1 N–H and O–H groups in total. The maximum Gasteiger partial charge on any atom is 0.0807 e. The molecule has 0 saturated heterocycles. The van der Waals surface area contributed by atoms with Gasteiger partial charge in [-0.05, 0) is 49.9 Å². The lowest BCUT2D eigenvalue weighted by molar-refractivity contribution is 0.156. The summed E-state index contributed by atoms with van der Waals surface area (Å²) in [5.74, 6) is 0. The van der Waals surface area contributed by atoms with Gasteiger partial charge in [-0.3, -0.25) is 0 Å². The van der Waals surface area contributed by atoms with Gasteiger partial charge >= 0.3 is 0 Å². The number of halogens is 2. The Balaban J connectivity index is 2.16. The Morgan fingerprint density at radius 3 is 2.84 bits per heavy atom. The molecule has 3 rings (SSSR count). The van der Waals surface area contributed by atoms with E-state index in [1.165, 1.54) is 0 Å². The molecule has 19 heavy (non-hydrogen) atoms. The molecule has 1 aliphatic rings. The van der Waals surface area contributed by atoms with Gasteiger partial charge in [0.2, 0.25) is 0 Å². The van der Waals surface area contributed by atoms with Crippen LogP contribution in [0.5, 0.6) is 0 Å². The van der Waals surface area contributed by atoms with E-state index in [9.17, 15) is 5.11 Å². The molecule has 1 heterocycles. The molecular weight excluding hydrogens is 281 g/mol. The second kappa shape index (κ2) is 4.86. The second-order valence-electron chi connectivity index (χ2n) is 5.05. The number of hydrogen-bond acceptors (Lipinski definition) is 1. The first-order chi connectivity index (χ1) is 9.08. The van der Waals surface area contributed by atoms with Crippen LogP contribution in [0.3, 0.4) is 0 Å². The minimum Gasteiger partial charge on any atom is -0.388 e. The molecule has 2 aromatic rings. The van der Waals surface area contributed by atoms with Gasteiger partial charge in [0.1, 0.15) is 0 Å². The van der Waals surface area contributed by atoms with Crippen LogP contribution in [0.1, 0.15) is 35.8 Å². The standard InChI is InChI=1S/C15H15Cl2NO/c1-9-7-12(17)14(8-11(9)16)18-6-5-10-13(18)3-2-4-15(10)19/h5-8,15,19H,2-4H2,1H3. The summed E-state index contributed by atoms with van der Waals surface area (Å²) >= 11 is 12.5. The summed E-state index contributed by atoms with van der Waals surface area (Å²) < 4.78 is 2.05. The third-order valence-electron chi connectivity index (χ3n) is 3.76. The Labute approximate surface area is 122 Å². The Hall–Kier alpha value is -0.960. The van der Waals surface area contributed by atoms with Crippen LogP contribution in [0.25, 0.3) is 5.69 Å². The van der Waals surface area contributed by atoms with E-state index in [1.54, 1.807) is 0 Å². The van der Waals surface area contributed by atoms with E-state index in [2.05, 4.69) is 0 Å². The molecule has 0 saturated carbocycles. The molecule has 1 aromatic carbocycles. The molecule has 4 heteroatoms. The van der Waals surface area contributed by atoms with E-state index < -0.39 is 0 Å². The average Bonchev–Trinajstić information content (AvgIpc) is 2.79. The average molecular weight is 296 g/mol. The minimum atomic E-state index is -0.357. The highest BCUT2D eigenvalue weighted by molar-refractivity contribution is 6.35. The number of rotatable bonds is 1. The van der Waals surface area contributed by atoms with Crippen molar-refractivity contribution in [3.8, 4) is 5.69 Å². The van der Waals surface area contributed by atoms with Gasteiger partial charge in [0.05, 0.1) is 16.8 Å². The largest absolute Gasteiger partial charge is 0.388 e. The summed E-state index contributed by atoms with van der Waals surface area (Å²) in [5.41, 5.74) is 4.00. The number of nitrogens with zero attached hydrogens (tertiary/aromatic N) is 1. The minimum absolute atomic E-state index is 0.357. The second-order valence-corrected chi connectivity index (χ2v) is 5.86. The van der Waals surface area contributed by atoms with Crippen LogP contribution in [0.2, 0.25) is 10.0 Å². The van der Waals surface area contributed by atoms with Gasteiger partial charge in [0, 0.05) is 22.5 Å². The monoisotopic (exact) mass is 295 g/mol. The first kappa shape index (κ1) is 13.0. The number of aliphatic hydroxyl groups is 1. The van der Waals surface area contributed by atoms with Crippen molar-refractivity contribution in [2.24, 2.45) is 0 Å². The molecular formula is C15H15Cl2NO. The lowest BCUT2D eigenvalue weighted by atomic mass is 9.95. The molecule has 0 aliphatic heterocycles. The molecule has 1 aromatic heterocycles. The van der Waals surface area contributed by atoms with E-state index in [4.69, 9.17) is 23.2 Å². The quantitative estimate of drug-likeness (QED) is 0.825. The molecule has 0 fully saturated rings. The highest BCUT2D eigenvalue weighted by Gasteiger charge is 2.22. The van der Waals surface area contributed by atoms with Crippen LogP contribution in [-0.2, 0) is 6.42 Å². The van der Waals surface area contributed by atoms with Crippen molar-refractivity contribution in [1.29, 1.82) is 0 Å². The summed E-state index contributed by atoms with van der Waals surface area (Å²) in [6.07, 6.45) is 4.40. The fourth-order valence-electron chi connectivity index (χ4n) is 2.71. The van der Waals surface area contributed by atoms with Gasteiger partial charge in [-0.2, -0.15) is 0 Å². The number of benzene rings is 1. The van der Waals surface area contributed by atoms with E-state index >= 15 is 0 Å². The lowest BCUT2D eigenvalue weighted by Gasteiger charge is -2.21. The molecule has 1 aliphatic carbocycles. The highest BCUT2D eigenvalue weighted by Crippen LogP contribution is 2.35. The van der Waals surface area contributed by atoms with E-state index in [0.717, 1.165) is 41.8 Å². The van der Waals surface area contributed by atoms with Crippen molar-refractivity contribution in [3.05, 3.63) is 51.3 Å². The first-order valence-corrected chi connectivity index (χ1v) is 7.17. The smallest absolute Gasteiger partial charge is 0.0807 e. The zero-order valence-electron chi connectivity index (χ0n) is 10.7. The number of fused-ring (bicyclic) bond motifs is 1. The molecule has 2 nitrogen and oxygen atoms in total. The molecule has 0 radical (unpaired) electrons. The van der Waals surface area contributed by atoms with Gasteiger partial charge in [-0.1, -0.05) is 23.2 Å². The van der Waals surface area contributed by atoms with Crippen molar-refractivity contribution in [2.75, 3.05) is 0 Å². The third kappa shape index (κ3) is 2.18. The van der Waals surface area contributed by atoms with Crippen LogP contribution in [0, 0.1) is 6.92 Å². The van der Waals surface area contributed by atoms with Crippen LogP contribution in [0.4, 0.5) is 0 Å². The van der Waals surface area contributed by atoms with Gasteiger partial charge < -0.3 is 9.67 Å². The maximum absolute atomic E-state index is 10.0. The zero-order chi connectivity index (χ0) is 13.6. The molecule has 1 unspecified atom stereocenters. The Morgan fingerprint density at radius 2 is 2.05 bits per heavy atom. The molecule has 0 amide bonds. The lowest BCUT2D eigenvalue weighted by Crippen LogP contribution is -2.11. The van der Waals surface area contributed by atoms with E-state index in [1.807, 2.05) is 35.9 Å². The summed E-state index contributed by atoms with van der Waals surface area (Å²) in [7, 11) is 0. The number of aryl methyl sites for hydroxylation is 1. The van der Waals surface area contributed by atoms with Crippen molar-refractivity contribution >= 4 is 23.2 Å². The first-order valence-electron chi connectivity index (χ1n) is 6.42. The fraction of sp³-hybridized carbons (Fsp3) is 0.333. The number of aromatic nitrogens is 1. The Kier molecular flexibility index (Phi) is 3.34. The van der Waals surface area contributed by atoms with Crippen molar-refractivity contribution in [1.82, 2.24) is 4.57 Å². The summed E-state index contributed by atoms with van der Waals surface area (Å²) in [4.78, 5) is 0. The van der Waals surface area contributed by atoms with Crippen LogP contribution >= 0.6 is 23.2 Å². The Morgan fingerprint density at radius 1 is 1.26 bits per heavy atom. The van der Waals surface area contributed by atoms with Crippen molar-refractivity contribution in [2.45, 2.75) is 32.3 Å². The van der Waals surface area contributed by atoms with Crippen molar-refractivity contribution in [3.63, 3.8) is 0 Å². The predicted molar refractivity (Wildman–Crippen MR) is 78.4 cm³/mol. The molecule has 1 atom stereocenters. The molecule has 0 bridgehead atoms. The normalized spacial score (nSPS) is 18.4. The predicted octanol–water partition coefficient (Wildman–Crippen LogP) is 4.46. The van der Waals surface area contributed by atoms with Gasteiger partial charge in [0.25, 0.3) is 0 Å². The van der Waals surface area contributed by atoms with E-state index in [-0.39, 0.29) is 6.10 Å². The van der Waals surface area contributed by atoms with Crippen LogP contribution in [0.15, 0.2) is 24.4 Å². The summed E-state index contributed by atoms with van der Waals surface area (Å²) in [6.45, 7) is 1.94. The summed E-state index contributed by atoms with van der Waals surface area (Å²) in [6, 6.07) is 5.74. The Bertz CT molecular complexity index is 633. The third-order valence-corrected chi connectivity index (χ3v) is 4.47. The van der Waals surface area contributed by atoms with Crippen molar-refractivity contribution < 1.29 is 5.11 Å². The fourth-order valence-corrected chi connectivity index (χ4v) is 3.18. The molecule has 0 spiro atoms. The molecule has 100 valence electrons. The van der Waals surface area contributed by atoms with Gasteiger partial charge in [-0.25, -0.2) is 0 Å². The van der Waals surface area contributed by atoms with Gasteiger partial charge in [0.15, 0.2) is 0 Å². The summed E-state index contributed by atoms with van der Waals surface area (Å²) in [5, 5.41) is 11.4. The maximum atomic E-state index is 10.0. The number of aliphatic hydroxyl groups excluding tert-OH is 1. The number of hydrogen-bond donors (Lipinski definition) is 1. The van der Waals surface area contributed by atoms with Crippen LogP contribution in [-0.4, -0.2) is 9.67 Å². The van der Waals surface area contributed by atoms with Gasteiger partial charge in [-0.15, -0.1) is 0 Å². The van der Waals surface area contributed by atoms with Crippen LogP contribution < -0.4 is 0 Å². The SMILES string of the molecule is Cc1cc(Cl)c(-n2ccc3c2CCCC3O)cc1Cl. The highest BCUT2D eigenvalue weighted by atomic mass is 35.5. The topological polar surface area (TPSA) is 25.2 Å². The van der Waals surface area contributed by atoms with E-state index in [0.29, 0.717) is 10.0 Å².